The van der Waals surface area contributed by atoms with E-state index in [0.29, 0.717) is 5.56 Å². The predicted octanol–water partition coefficient (Wildman–Crippen LogP) is 2.01. The molecule has 1 aromatic rings. The van der Waals surface area contributed by atoms with E-state index in [0.717, 1.165) is 58.7 Å². The molecule has 1 atom stereocenters. The molecule has 2 saturated heterocycles. The summed E-state index contributed by atoms with van der Waals surface area (Å²) in [5.74, 6) is -0.639. The number of benzene rings is 1. The van der Waals surface area contributed by atoms with Crippen LogP contribution >= 0.6 is 0 Å². The predicted molar refractivity (Wildman–Crippen MR) is 79.2 cm³/mol. The van der Waals surface area contributed by atoms with E-state index in [1.807, 2.05) is 0 Å². The molecule has 0 bridgehead atoms. The summed E-state index contributed by atoms with van der Waals surface area (Å²) in [5, 5.41) is 3.33. The summed E-state index contributed by atoms with van der Waals surface area (Å²) >= 11 is 0. The lowest BCUT2D eigenvalue weighted by Gasteiger charge is -2.35. The number of halogens is 2. The maximum Gasteiger partial charge on any atom is 0.128 e. The van der Waals surface area contributed by atoms with Gasteiger partial charge in [0, 0.05) is 38.3 Å². The third-order valence-electron chi connectivity index (χ3n) is 4.54. The topological polar surface area (TPSA) is 18.5 Å². The zero-order valence-corrected chi connectivity index (χ0v) is 12.3. The van der Waals surface area contributed by atoms with E-state index in [4.69, 9.17) is 0 Å². The maximum absolute atomic E-state index is 14.2. The molecule has 0 aromatic heterocycles. The summed E-state index contributed by atoms with van der Waals surface area (Å²) in [6.45, 7) is 6.63. The van der Waals surface area contributed by atoms with E-state index >= 15 is 0 Å². The number of hydrogen-bond acceptors (Lipinski definition) is 3. The van der Waals surface area contributed by atoms with Crippen molar-refractivity contribution in [2.75, 3.05) is 45.8 Å². The van der Waals surface area contributed by atoms with Crippen LogP contribution in [0.3, 0.4) is 0 Å². The van der Waals surface area contributed by atoms with Crippen LogP contribution < -0.4 is 5.32 Å². The van der Waals surface area contributed by atoms with Crippen molar-refractivity contribution in [3.8, 4) is 0 Å². The number of nitrogens with zero attached hydrogens (tertiary/aromatic N) is 2. The van der Waals surface area contributed by atoms with Crippen LogP contribution in [0.15, 0.2) is 18.2 Å². The molecule has 21 heavy (non-hydrogen) atoms. The van der Waals surface area contributed by atoms with Crippen LogP contribution in [0.2, 0.25) is 0 Å². The molecule has 0 radical (unpaired) electrons. The highest BCUT2D eigenvalue weighted by Gasteiger charge is 2.28. The van der Waals surface area contributed by atoms with Crippen LogP contribution in [0.25, 0.3) is 0 Å². The highest BCUT2D eigenvalue weighted by molar-refractivity contribution is 5.23. The second-order valence-electron chi connectivity index (χ2n) is 5.98. The van der Waals surface area contributed by atoms with E-state index in [9.17, 15) is 8.78 Å². The van der Waals surface area contributed by atoms with Gasteiger partial charge in [-0.3, -0.25) is 9.80 Å². The minimum atomic E-state index is -0.351. The summed E-state index contributed by atoms with van der Waals surface area (Å²) in [4.78, 5) is 4.66. The van der Waals surface area contributed by atoms with Crippen molar-refractivity contribution in [1.82, 2.24) is 15.1 Å². The zero-order valence-electron chi connectivity index (χ0n) is 12.3. The van der Waals surface area contributed by atoms with Crippen molar-refractivity contribution in [2.24, 2.45) is 0 Å². The molecule has 1 aromatic carbocycles. The van der Waals surface area contributed by atoms with Gasteiger partial charge in [-0.15, -0.1) is 0 Å². The maximum atomic E-state index is 14.2. The fourth-order valence-electron chi connectivity index (χ4n) is 3.37. The molecule has 2 fully saturated rings. The Bertz CT molecular complexity index is 469. The average Bonchev–Trinajstić information content (AvgIpc) is 3.03. The Labute approximate surface area is 124 Å². The number of hydrogen-bond donors (Lipinski definition) is 1. The Morgan fingerprint density at radius 1 is 1.05 bits per heavy atom. The Balaban J connectivity index is 1.82. The molecule has 116 valence electrons. The van der Waals surface area contributed by atoms with Crippen LogP contribution in [0.1, 0.15) is 24.4 Å². The number of likely N-dealkylation sites (tertiary alicyclic amines) is 1. The van der Waals surface area contributed by atoms with Gasteiger partial charge in [-0.05, 0) is 44.1 Å². The molecular formula is C16H23F2N3. The first-order chi connectivity index (χ1) is 10.2. The van der Waals surface area contributed by atoms with Gasteiger partial charge in [-0.25, -0.2) is 8.78 Å². The molecule has 0 aliphatic carbocycles. The van der Waals surface area contributed by atoms with E-state index < -0.39 is 0 Å². The van der Waals surface area contributed by atoms with E-state index in [-0.39, 0.29) is 17.7 Å². The molecule has 3 nitrogen and oxygen atoms in total. The lowest BCUT2D eigenvalue weighted by atomic mass is 10.0. The van der Waals surface area contributed by atoms with Gasteiger partial charge in [0.1, 0.15) is 11.6 Å². The van der Waals surface area contributed by atoms with Gasteiger partial charge in [0.05, 0.1) is 6.04 Å². The summed E-state index contributed by atoms with van der Waals surface area (Å²) in [6, 6.07) is 3.79. The van der Waals surface area contributed by atoms with E-state index in [1.165, 1.54) is 18.2 Å². The molecule has 2 heterocycles. The molecule has 1 unspecified atom stereocenters. The molecular weight excluding hydrogens is 272 g/mol. The fraction of sp³-hybridized carbons (Fsp3) is 0.625. The lowest BCUT2D eigenvalue weighted by molar-refractivity contribution is 0.147. The number of rotatable bonds is 4. The highest BCUT2D eigenvalue weighted by Crippen LogP contribution is 2.28. The van der Waals surface area contributed by atoms with Crippen LogP contribution in [0.5, 0.6) is 0 Å². The monoisotopic (exact) mass is 295 g/mol. The third kappa shape index (κ3) is 3.59. The first-order valence-corrected chi connectivity index (χ1v) is 7.86. The van der Waals surface area contributed by atoms with Crippen molar-refractivity contribution in [2.45, 2.75) is 18.9 Å². The van der Waals surface area contributed by atoms with Crippen molar-refractivity contribution >= 4 is 0 Å². The number of piperazine rings is 1. The van der Waals surface area contributed by atoms with Crippen molar-refractivity contribution in [3.05, 3.63) is 35.4 Å². The standard InChI is InChI=1S/C16H23F2N3/c17-13-3-4-15(18)14(11-13)16(21-7-1-2-8-21)12-20-9-5-19-6-10-20/h3-4,11,16,19H,1-2,5-10,12H2. The van der Waals surface area contributed by atoms with Gasteiger partial charge in [-0.1, -0.05) is 0 Å². The van der Waals surface area contributed by atoms with Gasteiger partial charge >= 0.3 is 0 Å². The molecule has 1 N–H and O–H groups in total. The van der Waals surface area contributed by atoms with Crippen molar-refractivity contribution in [3.63, 3.8) is 0 Å². The SMILES string of the molecule is Fc1ccc(F)c(C(CN2CCNCC2)N2CCCC2)c1. The molecule has 3 rings (SSSR count). The Kier molecular flexibility index (Phi) is 4.83. The first kappa shape index (κ1) is 14.9. The molecule has 5 heteroatoms. The van der Waals surface area contributed by atoms with Crippen LogP contribution in [0.4, 0.5) is 8.78 Å². The Morgan fingerprint density at radius 2 is 1.76 bits per heavy atom. The third-order valence-corrected chi connectivity index (χ3v) is 4.54. The zero-order chi connectivity index (χ0) is 14.7. The van der Waals surface area contributed by atoms with Gasteiger partial charge in [-0.2, -0.15) is 0 Å². The Morgan fingerprint density at radius 3 is 2.48 bits per heavy atom. The van der Waals surface area contributed by atoms with Crippen LogP contribution in [-0.2, 0) is 0 Å². The van der Waals surface area contributed by atoms with Crippen molar-refractivity contribution < 1.29 is 8.78 Å². The summed E-state index contributed by atoms with van der Waals surface area (Å²) < 4.78 is 27.8. The quantitative estimate of drug-likeness (QED) is 0.917. The summed E-state index contributed by atoms with van der Waals surface area (Å²) in [6.07, 6.45) is 2.30. The smallest absolute Gasteiger partial charge is 0.128 e. The average molecular weight is 295 g/mol. The van der Waals surface area contributed by atoms with Crippen LogP contribution in [0, 0.1) is 11.6 Å². The van der Waals surface area contributed by atoms with Crippen molar-refractivity contribution in [1.29, 1.82) is 0 Å². The van der Waals surface area contributed by atoms with Gasteiger partial charge in [0.25, 0.3) is 0 Å². The minimum absolute atomic E-state index is 0.0405. The minimum Gasteiger partial charge on any atom is -0.314 e. The fourth-order valence-corrected chi connectivity index (χ4v) is 3.37. The summed E-state index contributed by atoms with van der Waals surface area (Å²) in [5.41, 5.74) is 0.510. The molecule has 2 aliphatic heterocycles. The van der Waals surface area contributed by atoms with Gasteiger partial charge in [0.15, 0.2) is 0 Å². The second-order valence-corrected chi connectivity index (χ2v) is 5.98. The van der Waals surface area contributed by atoms with Crippen LogP contribution in [-0.4, -0.2) is 55.6 Å². The highest BCUT2D eigenvalue weighted by atomic mass is 19.1. The second kappa shape index (κ2) is 6.81. The van der Waals surface area contributed by atoms with E-state index in [1.54, 1.807) is 0 Å². The van der Waals surface area contributed by atoms with Gasteiger partial charge in [0.2, 0.25) is 0 Å². The molecule has 0 saturated carbocycles. The number of nitrogens with one attached hydrogen (secondary N) is 1. The molecule has 0 spiro atoms. The normalized spacial score (nSPS) is 22.6. The van der Waals surface area contributed by atoms with E-state index in [2.05, 4.69) is 15.1 Å². The lowest BCUT2D eigenvalue weighted by Crippen LogP contribution is -2.47. The molecule has 0 amide bonds. The first-order valence-electron chi connectivity index (χ1n) is 7.86. The Hall–Kier alpha value is -1.04. The summed E-state index contributed by atoms with van der Waals surface area (Å²) in [7, 11) is 0. The molecule has 2 aliphatic rings. The van der Waals surface area contributed by atoms with Gasteiger partial charge < -0.3 is 5.32 Å². The largest absolute Gasteiger partial charge is 0.314 e.